The monoisotopic (exact) mass is 346 g/mol. The molecule has 0 atom stereocenters. The average Bonchev–Trinajstić information content (AvgIpc) is 2.93. The zero-order valence-electron chi connectivity index (χ0n) is 13.2. The first kappa shape index (κ1) is 17.8. The Morgan fingerprint density at radius 1 is 1.29 bits per heavy atom. The Kier molecular flexibility index (Phi) is 6.20. The van der Waals surface area contributed by atoms with E-state index in [0.29, 0.717) is 40.7 Å². The molecule has 2 rings (SSSR count). The third-order valence-corrected chi connectivity index (χ3v) is 4.15. The second-order valence-electron chi connectivity index (χ2n) is 4.94. The highest BCUT2D eigenvalue weighted by atomic mass is 32.1. The van der Waals surface area contributed by atoms with Gasteiger partial charge in [0.05, 0.1) is 24.6 Å². The molecule has 0 unspecified atom stereocenters. The molecule has 0 amide bonds. The third-order valence-electron chi connectivity index (χ3n) is 3.32. The lowest BCUT2D eigenvalue weighted by molar-refractivity contribution is 0.281. The summed E-state index contributed by atoms with van der Waals surface area (Å²) >= 11 is 1.11. The Hall–Kier alpha value is -2.54. The topological polar surface area (TPSA) is 131 Å². The van der Waals surface area contributed by atoms with Crippen LogP contribution in [0.2, 0.25) is 0 Å². The van der Waals surface area contributed by atoms with Gasteiger partial charge in [0.25, 0.3) is 0 Å². The summed E-state index contributed by atoms with van der Waals surface area (Å²) in [4.78, 5) is 1.82. The van der Waals surface area contributed by atoms with E-state index >= 15 is 0 Å². The first-order valence-corrected chi connectivity index (χ1v) is 8.02. The third kappa shape index (κ3) is 4.05. The van der Waals surface area contributed by atoms with Crippen molar-refractivity contribution in [3.8, 4) is 6.07 Å². The van der Waals surface area contributed by atoms with Gasteiger partial charge in [0, 0.05) is 18.8 Å². The molecule has 0 fully saturated rings. The number of rotatable bonds is 7. The number of nitrogen functional groups attached to an aromatic ring is 1. The first-order valence-electron chi connectivity index (χ1n) is 7.25. The van der Waals surface area contributed by atoms with Crippen LogP contribution in [0.5, 0.6) is 0 Å². The van der Waals surface area contributed by atoms with Crippen molar-refractivity contribution in [2.45, 2.75) is 6.92 Å². The van der Waals surface area contributed by atoms with Gasteiger partial charge in [-0.3, -0.25) is 0 Å². The lowest BCUT2D eigenvalue weighted by atomic mass is 10.2. The maximum absolute atomic E-state index is 9.09. The molecule has 0 aliphatic rings. The standard InChI is InChI=1S/C15H18N6O2S/c1-10-12(9-16)15(24-20-10)19-18-14-3-2-11(8-13(14)17)21(4-6-22)5-7-23/h2-3,8,22-23H,4-7,17H2,1H3. The number of aromatic nitrogens is 1. The number of hydrogen-bond donors (Lipinski definition) is 3. The molecule has 0 saturated heterocycles. The van der Waals surface area contributed by atoms with Crippen LogP contribution < -0.4 is 10.6 Å². The summed E-state index contributed by atoms with van der Waals surface area (Å²) in [5.41, 5.74) is 8.72. The molecule has 0 aliphatic heterocycles. The van der Waals surface area contributed by atoms with Gasteiger partial charge in [-0.05, 0) is 36.7 Å². The van der Waals surface area contributed by atoms with Gasteiger partial charge in [0.1, 0.15) is 17.3 Å². The largest absolute Gasteiger partial charge is 0.397 e. The minimum Gasteiger partial charge on any atom is -0.397 e. The van der Waals surface area contributed by atoms with Gasteiger partial charge in [-0.2, -0.15) is 9.64 Å². The molecule has 1 heterocycles. The molecule has 1 aromatic carbocycles. The lowest BCUT2D eigenvalue weighted by Gasteiger charge is -2.23. The molecule has 0 radical (unpaired) electrons. The van der Waals surface area contributed by atoms with E-state index in [1.54, 1.807) is 25.1 Å². The first-order chi connectivity index (χ1) is 11.6. The molecule has 4 N–H and O–H groups in total. The Morgan fingerprint density at radius 2 is 2.00 bits per heavy atom. The molecule has 0 saturated carbocycles. The van der Waals surface area contributed by atoms with E-state index in [1.807, 2.05) is 4.90 Å². The fourth-order valence-corrected chi connectivity index (χ4v) is 2.77. The number of azo groups is 1. The van der Waals surface area contributed by atoms with E-state index in [-0.39, 0.29) is 13.2 Å². The summed E-state index contributed by atoms with van der Waals surface area (Å²) in [5.74, 6) is 0. The van der Waals surface area contributed by atoms with Crippen molar-refractivity contribution in [3.05, 3.63) is 29.5 Å². The van der Waals surface area contributed by atoms with E-state index in [4.69, 9.17) is 21.2 Å². The molecule has 0 spiro atoms. The molecule has 0 aliphatic carbocycles. The second-order valence-corrected chi connectivity index (χ2v) is 5.69. The fourth-order valence-electron chi connectivity index (χ4n) is 2.10. The van der Waals surface area contributed by atoms with Crippen molar-refractivity contribution in [1.82, 2.24) is 4.37 Å². The van der Waals surface area contributed by atoms with Gasteiger partial charge in [-0.15, -0.1) is 10.2 Å². The highest BCUT2D eigenvalue weighted by Gasteiger charge is 2.10. The zero-order chi connectivity index (χ0) is 17.5. The van der Waals surface area contributed by atoms with Crippen LogP contribution in [0.3, 0.4) is 0 Å². The van der Waals surface area contributed by atoms with Crippen LogP contribution in [-0.2, 0) is 0 Å². The van der Waals surface area contributed by atoms with Crippen LogP contribution >= 0.6 is 11.5 Å². The molecule has 126 valence electrons. The number of anilines is 2. The minimum atomic E-state index is -0.0248. The van der Waals surface area contributed by atoms with E-state index < -0.39 is 0 Å². The number of nitrogens with two attached hydrogens (primary N) is 1. The molecule has 0 bridgehead atoms. The van der Waals surface area contributed by atoms with E-state index in [1.165, 1.54) is 0 Å². The van der Waals surface area contributed by atoms with Crippen LogP contribution in [0.1, 0.15) is 11.3 Å². The van der Waals surface area contributed by atoms with Crippen LogP contribution in [0.4, 0.5) is 22.1 Å². The Balaban J connectivity index is 2.23. The van der Waals surface area contributed by atoms with Crippen LogP contribution in [0.15, 0.2) is 28.4 Å². The van der Waals surface area contributed by atoms with Gasteiger partial charge in [-0.25, -0.2) is 0 Å². The van der Waals surface area contributed by atoms with Crippen LogP contribution in [-0.4, -0.2) is 40.9 Å². The van der Waals surface area contributed by atoms with Gasteiger partial charge < -0.3 is 20.8 Å². The van der Waals surface area contributed by atoms with Crippen LogP contribution in [0.25, 0.3) is 0 Å². The number of aryl methyl sites for hydroxylation is 1. The van der Waals surface area contributed by atoms with Crippen molar-refractivity contribution < 1.29 is 10.2 Å². The number of aliphatic hydroxyl groups excluding tert-OH is 2. The number of hydrogen-bond acceptors (Lipinski definition) is 9. The lowest BCUT2D eigenvalue weighted by Crippen LogP contribution is -2.29. The van der Waals surface area contributed by atoms with Crippen LogP contribution in [0, 0.1) is 18.3 Å². The normalized spacial score (nSPS) is 10.9. The van der Waals surface area contributed by atoms with Crippen molar-refractivity contribution in [1.29, 1.82) is 5.26 Å². The predicted octanol–water partition coefficient (Wildman–Crippen LogP) is 2.11. The second kappa shape index (κ2) is 8.35. The van der Waals surface area contributed by atoms with Crippen molar-refractivity contribution in [2.24, 2.45) is 10.2 Å². The molecular weight excluding hydrogens is 328 g/mol. The van der Waals surface area contributed by atoms with Crippen molar-refractivity contribution in [2.75, 3.05) is 36.9 Å². The summed E-state index contributed by atoms with van der Waals surface area (Å²) in [6, 6.07) is 7.26. The average molecular weight is 346 g/mol. The summed E-state index contributed by atoms with van der Waals surface area (Å²) in [6.45, 7) is 2.49. The van der Waals surface area contributed by atoms with E-state index in [9.17, 15) is 0 Å². The summed E-state index contributed by atoms with van der Waals surface area (Å²) < 4.78 is 4.08. The molecular formula is C15H18N6O2S. The quantitative estimate of drug-likeness (QED) is 0.520. The van der Waals surface area contributed by atoms with Gasteiger partial charge >= 0.3 is 0 Å². The van der Waals surface area contributed by atoms with Crippen molar-refractivity contribution in [3.63, 3.8) is 0 Å². The Morgan fingerprint density at radius 3 is 2.58 bits per heavy atom. The summed E-state index contributed by atoms with van der Waals surface area (Å²) in [6.07, 6.45) is 0. The Labute approximate surface area is 143 Å². The van der Waals surface area contributed by atoms with Crippen molar-refractivity contribution >= 4 is 33.6 Å². The summed E-state index contributed by atoms with van der Waals surface area (Å²) in [7, 11) is 0. The maximum Gasteiger partial charge on any atom is 0.176 e. The Bertz CT molecular complexity index is 762. The smallest absolute Gasteiger partial charge is 0.176 e. The fraction of sp³-hybridized carbons (Fsp3) is 0.333. The number of nitrogens with zero attached hydrogens (tertiary/aromatic N) is 5. The highest BCUT2D eigenvalue weighted by molar-refractivity contribution is 7.10. The van der Waals surface area contributed by atoms with E-state index in [0.717, 1.165) is 17.2 Å². The molecule has 24 heavy (non-hydrogen) atoms. The number of nitriles is 1. The number of benzene rings is 1. The zero-order valence-corrected chi connectivity index (χ0v) is 14.0. The molecule has 8 nitrogen and oxygen atoms in total. The van der Waals surface area contributed by atoms with E-state index in [2.05, 4.69) is 20.7 Å². The predicted molar refractivity (Wildman–Crippen MR) is 93.0 cm³/mol. The van der Waals surface area contributed by atoms with Gasteiger partial charge in [0.2, 0.25) is 0 Å². The maximum atomic E-state index is 9.09. The molecule has 1 aromatic heterocycles. The molecule has 9 heteroatoms. The number of aliphatic hydroxyl groups is 2. The SMILES string of the molecule is Cc1nsc(N=Nc2ccc(N(CCO)CCO)cc2N)c1C#N. The van der Waals surface area contributed by atoms with Gasteiger partial charge in [-0.1, -0.05) is 0 Å². The minimum absolute atomic E-state index is 0.0248. The van der Waals surface area contributed by atoms with Gasteiger partial charge in [0.15, 0.2) is 5.00 Å². The summed E-state index contributed by atoms with van der Waals surface area (Å²) in [5, 5.41) is 35.9. The highest BCUT2D eigenvalue weighted by Crippen LogP contribution is 2.32. The molecule has 2 aromatic rings.